The van der Waals surface area contributed by atoms with Crippen molar-refractivity contribution in [2.45, 2.75) is 44.1 Å². The molecule has 0 amide bonds. The molecular formula is C24H30N4O2S. The topological polar surface area (TPSA) is 79.0 Å². The molecule has 2 saturated carbocycles. The standard InChI is InChI=1S/C24H30N4O2S/c1-28(24-21-11-12-25-23(21)26-16-27-24)20-9-7-17(8-10-20)14-31(29,30)15-19-13-22(19)18-5-3-2-4-6-18/h2-6,11-12,16-17,19-20,22H,7-10,13-15H2,1H3,(H,25,26,27)/t17?,19-,20?,22-/m1/s1. The molecule has 0 spiro atoms. The van der Waals surface area contributed by atoms with Crippen molar-refractivity contribution in [3.8, 4) is 0 Å². The monoisotopic (exact) mass is 438 g/mol. The van der Waals surface area contributed by atoms with Crippen LogP contribution >= 0.6 is 0 Å². The molecule has 2 aromatic heterocycles. The fourth-order valence-electron chi connectivity index (χ4n) is 5.31. The first-order chi connectivity index (χ1) is 15.0. The molecule has 2 atom stereocenters. The van der Waals surface area contributed by atoms with Crippen molar-refractivity contribution in [2.75, 3.05) is 23.5 Å². The molecule has 0 bridgehead atoms. The summed E-state index contributed by atoms with van der Waals surface area (Å²) in [5.41, 5.74) is 2.14. The molecule has 7 heteroatoms. The molecule has 1 aromatic carbocycles. The molecule has 3 aromatic rings. The molecule has 31 heavy (non-hydrogen) atoms. The number of anilines is 1. The summed E-state index contributed by atoms with van der Waals surface area (Å²) in [6.45, 7) is 0. The first-order valence-electron chi connectivity index (χ1n) is 11.3. The van der Waals surface area contributed by atoms with E-state index >= 15 is 0 Å². The van der Waals surface area contributed by atoms with E-state index in [1.54, 1.807) is 6.33 Å². The van der Waals surface area contributed by atoms with Gasteiger partial charge in [-0.05, 0) is 61.5 Å². The van der Waals surface area contributed by atoms with Gasteiger partial charge in [-0.25, -0.2) is 18.4 Å². The van der Waals surface area contributed by atoms with Gasteiger partial charge in [0.25, 0.3) is 0 Å². The molecule has 0 unspecified atom stereocenters. The second-order valence-electron chi connectivity index (χ2n) is 9.31. The minimum atomic E-state index is -3.01. The zero-order chi connectivity index (χ0) is 21.4. The number of nitrogens with one attached hydrogen (secondary N) is 1. The highest BCUT2D eigenvalue weighted by atomic mass is 32.2. The maximum absolute atomic E-state index is 12.8. The molecule has 2 aliphatic rings. The van der Waals surface area contributed by atoms with Crippen molar-refractivity contribution >= 4 is 26.7 Å². The van der Waals surface area contributed by atoms with E-state index in [4.69, 9.17) is 0 Å². The lowest BCUT2D eigenvalue weighted by atomic mass is 9.86. The zero-order valence-electron chi connectivity index (χ0n) is 17.9. The van der Waals surface area contributed by atoms with Crippen LogP contribution in [0.5, 0.6) is 0 Å². The van der Waals surface area contributed by atoms with Crippen LogP contribution in [0.15, 0.2) is 48.9 Å². The van der Waals surface area contributed by atoms with Crippen LogP contribution in [-0.2, 0) is 9.84 Å². The first-order valence-corrected chi connectivity index (χ1v) is 13.1. The van der Waals surface area contributed by atoms with Gasteiger partial charge in [0.2, 0.25) is 0 Å². The Morgan fingerprint density at radius 3 is 2.58 bits per heavy atom. The highest BCUT2D eigenvalue weighted by Crippen LogP contribution is 2.48. The van der Waals surface area contributed by atoms with E-state index in [9.17, 15) is 8.42 Å². The van der Waals surface area contributed by atoms with Crippen LogP contribution in [0.2, 0.25) is 0 Å². The van der Waals surface area contributed by atoms with E-state index in [0.717, 1.165) is 49.0 Å². The minimum Gasteiger partial charge on any atom is -0.356 e. The number of rotatable bonds is 7. The van der Waals surface area contributed by atoms with Gasteiger partial charge in [0.05, 0.1) is 16.9 Å². The minimum absolute atomic E-state index is 0.279. The van der Waals surface area contributed by atoms with Gasteiger partial charge in [-0.3, -0.25) is 0 Å². The van der Waals surface area contributed by atoms with Crippen LogP contribution in [0.1, 0.15) is 43.6 Å². The van der Waals surface area contributed by atoms with E-state index in [1.807, 2.05) is 30.5 Å². The summed E-state index contributed by atoms with van der Waals surface area (Å²) in [6, 6.07) is 12.7. The lowest BCUT2D eigenvalue weighted by Crippen LogP contribution is -2.37. The van der Waals surface area contributed by atoms with Gasteiger partial charge in [0.1, 0.15) is 17.8 Å². The van der Waals surface area contributed by atoms with Crippen molar-refractivity contribution in [2.24, 2.45) is 11.8 Å². The molecule has 0 aliphatic heterocycles. The number of nitrogens with zero attached hydrogens (tertiary/aromatic N) is 3. The molecule has 2 heterocycles. The Labute approximate surface area is 184 Å². The second-order valence-corrected chi connectivity index (χ2v) is 11.5. The number of fused-ring (bicyclic) bond motifs is 1. The Balaban J connectivity index is 1.14. The predicted octanol–water partition coefficient (Wildman–Crippen LogP) is 4.17. The van der Waals surface area contributed by atoms with Crippen LogP contribution in [0.4, 0.5) is 5.82 Å². The highest BCUT2D eigenvalue weighted by molar-refractivity contribution is 7.91. The van der Waals surface area contributed by atoms with Crippen LogP contribution in [-0.4, -0.2) is 48.0 Å². The molecule has 0 radical (unpaired) electrons. The van der Waals surface area contributed by atoms with E-state index in [2.05, 4.69) is 39.0 Å². The summed E-state index contributed by atoms with van der Waals surface area (Å²) in [6.07, 6.45) is 8.42. The molecule has 0 saturated heterocycles. The SMILES string of the molecule is CN(c1ncnc2[nH]ccc12)C1CCC(CS(=O)(=O)C[C@H]2C[C@@H]2c2ccccc2)CC1. The molecule has 2 aliphatic carbocycles. The molecule has 164 valence electrons. The third kappa shape index (κ3) is 4.47. The second kappa shape index (κ2) is 8.26. The Kier molecular flexibility index (Phi) is 5.46. The summed E-state index contributed by atoms with van der Waals surface area (Å²) in [4.78, 5) is 14.2. The van der Waals surface area contributed by atoms with Crippen LogP contribution in [0, 0.1) is 11.8 Å². The number of sulfone groups is 1. The third-order valence-electron chi connectivity index (χ3n) is 7.14. The fraction of sp³-hybridized carbons (Fsp3) is 0.500. The van der Waals surface area contributed by atoms with Gasteiger partial charge >= 0.3 is 0 Å². The Morgan fingerprint density at radius 2 is 1.81 bits per heavy atom. The average molecular weight is 439 g/mol. The smallest absolute Gasteiger partial charge is 0.150 e. The van der Waals surface area contributed by atoms with Crippen LogP contribution in [0.3, 0.4) is 0 Å². The van der Waals surface area contributed by atoms with E-state index in [-0.39, 0.29) is 5.92 Å². The number of aromatic nitrogens is 3. The number of hydrogen-bond acceptors (Lipinski definition) is 5. The molecule has 5 rings (SSSR count). The lowest BCUT2D eigenvalue weighted by Gasteiger charge is -2.35. The average Bonchev–Trinajstić information content (AvgIpc) is 3.35. The number of aromatic amines is 1. The number of hydrogen-bond donors (Lipinski definition) is 1. The van der Waals surface area contributed by atoms with Crippen molar-refractivity contribution in [3.05, 3.63) is 54.5 Å². The largest absolute Gasteiger partial charge is 0.356 e. The first kappa shape index (κ1) is 20.5. The predicted molar refractivity (Wildman–Crippen MR) is 124 cm³/mol. The fourth-order valence-corrected chi connectivity index (χ4v) is 7.51. The van der Waals surface area contributed by atoms with Gasteiger partial charge in [0.15, 0.2) is 9.84 Å². The van der Waals surface area contributed by atoms with E-state index in [1.165, 1.54) is 5.56 Å². The van der Waals surface area contributed by atoms with Crippen molar-refractivity contribution in [1.29, 1.82) is 0 Å². The Morgan fingerprint density at radius 1 is 1.03 bits per heavy atom. The molecule has 1 N–H and O–H groups in total. The van der Waals surface area contributed by atoms with Crippen LogP contribution < -0.4 is 4.90 Å². The summed E-state index contributed by atoms with van der Waals surface area (Å²) < 4.78 is 25.7. The van der Waals surface area contributed by atoms with Gasteiger partial charge in [-0.1, -0.05) is 30.3 Å². The summed E-state index contributed by atoms with van der Waals surface area (Å²) in [5.74, 6) is 2.65. The van der Waals surface area contributed by atoms with Gasteiger partial charge < -0.3 is 9.88 Å². The summed E-state index contributed by atoms with van der Waals surface area (Å²) in [7, 11) is -0.918. The van der Waals surface area contributed by atoms with E-state index < -0.39 is 9.84 Å². The highest BCUT2D eigenvalue weighted by Gasteiger charge is 2.41. The van der Waals surface area contributed by atoms with Crippen molar-refractivity contribution in [1.82, 2.24) is 15.0 Å². The Bertz CT molecular complexity index is 1140. The Hall–Kier alpha value is -2.41. The number of H-pyrrole nitrogens is 1. The van der Waals surface area contributed by atoms with E-state index in [0.29, 0.717) is 29.4 Å². The molecule has 6 nitrogen and oxygen atoms in total. The van der Waals surface area contributed by atoms with Crippen molar-refractivity contribution < 1.29 is 8.42 Å². The molecule has 2 fully saturated rings. The summed E-state index contributed by atoms with van der Waals surface area (Å²) in [5, 5.41) is 1.03. The van der Waals surface area contributed by atoms with Gasteiger partial charge in [0, 0.05) is 19.3 Å². The zero-order valence-corrected chi connectivity index (χ0v) is 18.8. The summed E-state index contributed by atoms with van der Waals surface area (Å²) >= 11 is 0. The molecular weight excluding hydrogens is 408 g/mol. The maximum Gasteiger partial charge on any atom is 0.150 e. The van der Waals surface area contributed by atoms with Gasteiger partial charge in [-0.15, -0.1) is 0 Å². The third-order valence-corrected chi connectivity index (χ3v) is 9.05. The lowest BCUT2D eigenvalue weighted by molar-refractivity contribution is 0.340. The normalized spacial score (nSPS) is 26.1. The maximum atomic E-state index is 12.8. The number of benzene rings is 1. The van der Waals surface area contributed by atoms with Crippen molar-refractivity contribution in [3.63, 3.8) is 0 Å². The quantitative estimate of drug-likeness (QED) is 0.599. The van der Waals surface area contributed by atoms with Gasteiger partial charge in [-0.2, -0.15) is 0 Å². The van der Waals surface area contributed by atoms with Crippen LogP contribution in [0.25, 0.3) is 11.0 Å².